The van der Waals surface area contributed by atoms with Crippen molar-refractivity contribution in [3.05, 3.63) is 29.8 Å². The molecule has 0 saturated heterocycles. The standard InChI is InChI=1S/C12H13F3O3/c1-11(2,10(16)17)7-18-9-6-4-3-5-8(9)12(13,14)15/h3-6H,7H2,1-2H3,(H,16,17). The predicted octanol–water partition coefficient (Wildman–Crippen LogP) is 3.20. The first-order valence-corrected chi connectivity index (χ1v) is 5.17. The summed E-state index contributed by atoms with van der Waals surface area (Å²) < 4.78 is 42.9. The molecule has 0 atom stereocenters. The third-order valence-corrected chi connectivity index (χ3v) is 2.36. The predicted molar refractivity (Wildman–Crippen MR) is 58.4 cm³/mol. The van der Waals surface area contributed by atoms with Gasteiger partial charge in [-0.3, -0.25) is 4.79 Å². The number of alkyl halides is 3. The average molecular weight is 262 g/mol. The number of hydrogen-bond acceptors (Lipinski definition) is 2. The fraction of sp³-hybridized carbons (Fsp3) is 0.417. The Labute approximate surface area is 102 Å². The van der Waals surface area contributed by atoms with E-state index in [1.165, 1.54) is 32.0 Å². The van der Waals surface area contributed by atoms with Gasteiger partial charge in [0.25, 0.3) is 0 Å². The Balaban J connectivity index is 2.90. The molecule has 3 nitrogen and oxygen atoms in total. The fourth-order valence-electron chi connectivity index (χ4n) is 1.15. The lowest BCUT2D eigenvalue weighted by Gasteiger charge is -2.21. The highest BCUT2D eigenvalue weighted by Crippen LogP contribution is 2.36. The summed E-state index contributed by atoms with van der Waals surface area (Å²) in [5.41, 5.74) is -2.16. The molecule has 1 aromatic carbocycles. The summed E-state index contributed by atoms with van der Waals surface area (Å²) in [6.07, 6.45) is -4.52. The summed E-state index contributed by atoms with van der Waals surface area (Å²) in [6, 6.07) is 4.71. The first-order chi connectivity index (χ1) is 8.14. The molecule has 0 bridgehead atoms. The van der Waals surface area contributed by atoms with E-state index < -0.39 is 23.1 Å². The first kappa shape index (κ1) is 14.3. The number of carboxylic acid groups (broad SMARTS) is 1. The summed E-state index contributed by atoms with van der Waals surface area (Å²) >= 11 is 0. The molecule has 0 fully saturated rings. The van der Waals surface area contributed by atoms with Gasteiger partial charge in [0.2, 0.25) is 0 Å². The second kappa shape index (κ2) is 4.88. The van der Waals surface area contributed by atoms with Crippen LogP contribution in [-0.4, -0.2) is 17.7 Å². The molecule has 0 aromatic heterocycles. The van der Waals surface area contributed by atoms with Crippen molar-refractivity contribution in [2.45, 2.75) is 20.0 Å². The van der Waals surface area contributed by atoms with E-state index in [1.807, 2.05) is 0 Å². The Morgan fingerprint density at radius 3 is 2.33 bits per heavy atom. The molecular weight excluding hydrogens is 249 g/mol. The number of ether oxygens (including phenoxy) is 1. The molecule has 0 radical (unpaired) electrons. The molecular formula is C12H13F3O3. The van der Waals surface area contributed by atoms with E-state index in [9.17, 15) is 18.0 Å². The van der Waals surface area contributed by atoms with Crippen LogP contribution in [0.1, 0.15) is 19.4 Å². The van der Waals surface area contributed by atoms with Gasteiger partial charge < -0.3 is 9.84 Å². The Kier molecular flexibility index (Phi) is 3.88. The molecule has 100 valence electrons. The van der Waals surface area contributed by atoms with Crippen molar-refractivity contribution in [3.8, 4) is 5.75 Å². The molecule has 0 aliphatic carbocycles. The van der Waals surface area contributed by atoms with Crippen LogP contribution in [0.25, 0.3) is 0 Å². The zero-order chi connectivity index (χ0) is 14.0. The smallest absolute Gasteiger partial charge is 0.419 e. The minimum absolute atomic E-state index is 0.338. The number of hydrogen-bond donors (Lipinski definition) is 1. The molecule has 1 aromatic rings. The van der Waals surface area contributed by atoms with Gasteiger partial charge in [-0.25, -0.2) is 0 Å². The highest BCUT2D eigenvalue weighted by molar-refractivity contribution is 5.73. The van der Waals surface area contributed by atoms with Crippen LogP contribution in [0.15, 0.2) is 24.3 Å². The van der Waals surface area contributed by atoms with Crippen LogP contribution in [0.2, 0.25) is 0 Å². The second-order valence-electron chi connectivity index (χ2n) is 4.47. The van der Waals surface area contributed by atoms with Gasteiger partial charge in [0, 0.05) is 0 Å². The Bertz CT molecular complexity index is 438. The monoisotopic (exact) mass is 262 g/mol. The average Bonchev–Trinajstić information content (AvgIpc) is 2.25. The zero-order valence-corrected chi connectivity index (χ0v) is 9.91. The molecule has 18 heavy (non-hydrogen) atoms. The minimum atomic E-state index is -4.52. The Morgan fingerprint density at radius 2 is 1.83 bits per heavy atom. The highest BCUT2D eigenvalue weighted by Gasteiger charge is 2.35. The maximum Gasteiger partial charge on any atom is 0.419 e. The van der Waals surface area contributed by atoms with Gasteiger partial charge in [0.1, 0.15) is 12.4 Å². The van der Waals surface area contributed by atoms with Crippen molar-refractivity contribution in [2.75, 3.05) is 6.61 Å². The topological polar surface area (TPSA) is 46.5 Å². The van der Waals surface area contributed by atoms with Gasteiger partial charge in [0.05, 0.1) is 11.0 Å². The molecule has 0 unspecified atom stereocenters. The van der Waals surface area contributed by atoms with Crippen LogP contribution in [0, 0.1) is 5.41 Å². The van der Waals surface area contributed by atoms with Crippen LogP contribution < -0.4 is 4.74 Å². The number of para-hydroxylation sites is 1. The van der Waals surface area contributed by atoms with Gasteiger partial charge in [-0.15, -0.1) is 0 Å². The van der Waals surface area contributed by atoms with E-state index in [4.69, 9.17) is 9.84 Å². The summed E-state index contributed by atoms with van der Waals surface area (Å²) in [7, 11) is 0. The van der Waals surface area contributed by atoms with E-state index in [-0.39, 0.29) is 12.4 Å². The van der Waals surface area contributed by atoms with Crippen molar-refractivity contribution in [2.24, 2.45) is 5.41 Å². The van der Waals surface area contributed by atoms with E-state index >= 15 is 0 Å². The molecule has 0 amide bonds. The maximum absolute atomic E-state index is 12.6. The second-order valence-corrected chi connectivity index (χ2v) is 4.47. The number of carboxylic acids is 1. The minimum Gasteiger partial charge on any atom is -0.492 e. The maximum atomic E-state index is 12.6. The third kappa shape index (κ3) is 3.38. The molecule has 0 heterocycles. The van der Waals surface area contributed by atoms with Crippen LogP contribution in [0.3, 0.4) is 0 Å². The normalized spacial score (nSPS) is 12.3. The van der Waals surface area contributed by atoms with Crippen molar-refractivity contribution in [3.63, 3.8) is 0 Å². The van der Waals surface area contributed by atoms with Crippen LogP contribution >= 0.6 is 0 Å². The molecule has 0 saturated carbocycles. The first-order valence-electron chi connectivity index (χ1n) is 5.17. The molecule has 1 rings (SSSR count). The van der Waals surface area contributed by atoms with E-state index in [1.54, 1.807) is 0 Å². The molecule has 0 aliphatic heterocycles. The largest absolute Gasteiger partial charge is 0.492 e. The lowest BCUT2D eigenvalue weighted by molar-refractivity contribution is -0.148. The molecule has 0 spiro atoms. The van der Waals surface area contributed by atoms with Crippen LogP contribution in [0.5, 0.6) is 5.75 Å². The summed E-state index contributed by atoms with van der Waals surface area (Å²) in [4.78, 5) is 10.8. The Hall–Kier alpha value is -1.72. The third-order valence-electron chi connectivity index (χ3n) is 2.36. The van der Waals surface area contributed by atoms with Crippen molar-refractivity contribution in [1.29, 1.82) is 0 Å². The van der Waals surface area contributed by atoms with Gasteiger partial charge in [-0.1, -0.05) is 12.1 Å². The number of rotatable bonds is 4. The highest BCUT2D eigenvalue weighted by atomic mass is 19.4. The Morgan fingerprint density at radius 1 is 1.28 bits per heavy atom. The quantitative estimate of drug-likeness (QED) is 0.906. The van der Waals surface area contributed by atoms with Crippen LogP contribution in [0.4, 0.5) is 13.2 Å². The molecule has 6 heteroatoms. The lowest BCUT2D eigenvalue weighted by atomic mass is 9.95. The summed E-state index contributed by atoms with van der Waals surface area (Å²) in [5, 5.41) is 8.85. The van der Waals surface area contributed by atoms with Gasteiger partial charge in [0.15, 0.2) is 0 Å². The van der Waals surface area contributed by atoms with Gasteiger partial charge >= 0.3 is 12.1 Å². The van der Waals surface area contributed by atoms with Crippen LogP contribution in [-0.2, 0) is 11.0 Å². The van der Waals surface area contributed by atoms with Crippen molar-refractivity contribution >= 4 is 5.97 Å². The molecule has 1 N–H and O–H groups in total. The number of benzene rings is 1. The van der Waals surface area contributed by atoms with Gasteiger partial charge in [-0.05, 0) is 26.0 Å². The van der Waals surface area contributed by atoms with E-state index in [0.29, 0.717) is 0 Å². The van der Waals surface area contributed by atoms with Gasteiger partial charge in [-0.2, -0.15) is 13.2 Å². The van der Waals surface area contributed by atoms with E-state index in [2.05, 4.69) is 0 Å². The van der Waals surface area contributed by atoms with E-state index in [0.717, 1.165) is 6.07 Å². The van der Waals surface area contributed by atoms with Crippen molar-refractivity contribution in [1.82, 2.24) is 0 Å². The zero-order valence-electron chi connectivity index (χ0n) is 9.91. The SMILES string of the molecule is CC(C)(COc1ccccc1C(F)(F)F)C(=O)O. The number of aliphatic carboxylic acids is 1. The summed E-state index contributed by atoms with van der Waals surface area (Å²) in [6.45, 7) is 2.42. The number of carbonyl (C=O) groups is 1. The number of halogens is 3. The lowest BCUT2D eigenvalue weighted by Crippen LogP contribution is -2.31. The molecule has 0 aliphatic rings. The van der Waals surface area contributed by atoms with Crippen molar-refractivity contribution < 1.29 is 27.8 Å². The summed E-state index contributed by atoms with van der Waals surface area (Å²) in [5.74, 6) is -1.49. The fourth-order valence-corrected chi connectivity index (χ4v) is 1.15.